The van der Waals surface area contributed by atoms with E-state index in [0.717, 1.165) is 19.4 Å². The molecular formula is C20H27N. The van der Waals surface area contributed by atoms with Gasteiger partial charge in [-0.1, -0.05) is 48.0 Å². The average Bonchev–Trinajstić information content (AvgIpc) is 2.45. The van der Waals surface area contributed by atoms with Crippen LogP contribution in [-0.2, 0) is 12.8 Å². The highest BCUT2D eigenvalue weighted by atomic mass is 14.8. The van der Waals surface area contributed by atoms with Gasteiger partial charge < -0.3 is 5.32 Å². The lowest BCUT2D eigenvalue weighted by Crippen LogP contribution is -2.23. The van der Waals surface area contributed by atoms with Crippen molar-refractivity contribution >= 4 is 0 Å². The molecular weight excluding hydrogens is 254 g/mol. The largest absolute Gasteiger partial charge is 0.319 e. The molecule has 0 spiro atoms. The van der Waals surface area contributed by atoms with Gasteiger partial charge in [0.1, 0.15) is 0 Å². The standard InChI is InChI=1S/C20H27N/c1-15-9-10-17(3)20(11-15)13-18(14-21-4)12-19-8-6-5-7-16(19)2/h5-11,18,21H,12-14H2,1-4H3. The first kappa shape index (κ1) is 15.8. The van der Waals surface area contributed by atoms with Crippen LogP contribution in [0.1, 0.15) is 27.8 Å². The fourth-order valence-corrected chi connectivity index (χ4v) is 2.99. The second kappa shape index (κ2) is 7.42. The van der Waals surface area contributed by atoms with Crippen molar-refractivity contribution in [3.05, 3.63) is 70.3 Å². The maximum atomic E-state index is 3.36. The summed E-state index contributed by atoms with van der Waals surface area (Å²) in [7, 11) is 2.05. The van der Waals surface area contributed by atoms with Crippen LogP contribution in [0.3, 0.4) is 0 Å². The molecule has 0 bridgehead atoms. The van der Waals surface area contributed by atoms with Crippen LogP contribution in [0.2, 0.25) is 0 Å². The Morgan fingerprint density at radius 2 is 1.52 bits per heavy atom. The number of hydrogen-bond acceptors (Lipinski definition) is 1. The lowest BCUT2D eigenvalue weighted by atomic mass is 9.89. The Balaban J connectivity index is 2.16. The molecule has 0 aliphatic rings. The van der Waals surface area contributed by atoms with Gasteiger partial charge in [-0.05, 0) is 75.4 Å². The van der Waals surface area contributed by atoms with E-state index in [1.54, 1.807) is 0 Å². The zero-order valence-corrected chi connectivity index (χ0v) is 13.7. The van der Waals surface area contributed by atoms with Crippen LogP contribution >= 0.6 is 0 Å². The Hall–Kier alpha value is -1.60. The highest BCUT2D eigenvalue weighted by molar-refractivity contribution is 5.32. The van der Waals surface area contributed by atoms with Crippen molar-refractivity contribution in [1.29, 1.82) is 0 Å². The molecule has 0 amide bonds. The Morgan fingerprint density at radius 1 is 0.857 bits per heavy atom. The molecule has 1 nitrogen and oxygen atoms in total. The molecule has 2 rings (SSSR count). The van der Waals surface area contributed by atoms with Crippen molar-refractivity contribution in [3.63, 3.8) is 0 Å². The summed E-state index contributed by atoms with van der Waals surface area (Å²) in [5.74, 6) is 0.636. The SMILES string of the molecule is CNCC(Cc1ccccc1C)Cc1cc(C)ccc1C. The van der Waals surface area contributed by atoms with E-state index in [2.05, 4.69) is 68.6 Å². The summed E-state index contributed by atoms with van der Waals surface area (Å²) in [6.45, 7) is 7.67. The lowest BCUT2D eigenvalue weighted by Gasteiger charge is -2.19. The van der Waals surface area contributed by atoms with E-state index in [4.69, 9.17) is 0 Å². The molecule has 1 atom stereocenters. The minimum atomic E-state index is 0.636. The van der Waals surface area contributed by atoms with Crippen molar-refractivity contribution in [2.75, 3.05) is 13.6 Å². The quantitative estimate of drug-likeness (QED) is 0.835. The number of benzene rings is 2. The second-order valence-electron chi connectivity index (χ2n) is 6.19. The van der Waals surface area contributed by atoms with Crippen LogP contribution in [0, 0.1) is 26.7 Å². The van der Waals surface area contributed by atoms with Crippen molar-refractivity contribution in [2.45, 2.75) is 33.6 Å². The van der Waals surface area contributed by atoms with E-state index < -0.39 is 0 Å². The van der Waals surface area contributed by atoms with Crippen LogP contribution in [0.4, 0.5) is 0 Å². The van der Waals surface area contributed by atoms with Crippen molar-refractivity contribution in [3.8, 4) is 0 Å². The van der Waals surface area contributed by atoms with Gasteiger partial charge in [0, 0.05) is 0 Å². The van der Waals surface area contributed by atoms with E-state index >= 15 is 0 Å². The molecule has 0 aromatic heterocycles. The molecule has 0 saturated carbocycles. The fourth-order valence-electron chi connectivity index (χ4n) is 2.99. The van der Waals surface area contributed by atoms with E-state index in [1.165, 1.54) is 27.8 Å². The third-order valence-electron chi connectivity index (χ3n) is 4.28. The lowest BCUT2D eigenvalue weighted by molar-refractivity contribution is 0.491. The third-order valence-corrected chi connectivity index (χ3v) is 4.28. The summed E-state index contributed by atoms with van der Waals surface area (Å²) < 4.78 is 0. The normalized spacial score (nSPS) is 12.4. The Kier molecular flexibility index (Phi) is 5.58. The van der Waals surface area contributed by atoms with Crippen LogP contribution < -0.4 is 5.32 Å². The zero-order chi connectivity index (χ0) is 15.2. The summed E-state index contributed by atoms with van der Waals surface area (Å²) in [4.78, 5) is 0. The average molecular weight is 281 g/mol. The highest BCUT2D eigenvalue weighted by Gasteiger charge is 2.13. The molecule has 2 aromatic carbocycles. The predicted molar refractivity (Wildman–Crippen MR) is 91.9 cm³/mol. The Morgan fingerprint density at radius 3 is 2.24 bits per heavy atom. The number of hydrogen-bond donors (Lipinski definition) is 1. The summed E-state index contributed by atoms with van der Waals surface area (Å²) >= 11 is 0. The predicted octanol–water partition coefficient (Wildman–Crippen LogP) is 4.23. The van der Waals surface area contributed by atoms with Crippen LogP contribution in [0.25, 0.3) is 0 Å². The van der Waals surface area contributed by atoms with Gasteiger partial charge in [-0.25, -0.2) is 0 Å². The minimum Gasteiger partial charge on any atom is -0.319 e. The van der Waals surface area contributed by atoms with Gasteiger partial charge in [0.05, 0.1) is 0 Å². The van der Waals surface area contributed by atoms with Crippen LogP contribution in [-0.4, -0.2) is 13.6 Å². The van der Waals surface area contributed by atoms with Gasteiger partial charge in [0.15, 0.2) is 0 Å². The summed E-state index contributed by atoms with van der Waals surface area (Å²) in [5.41, 5.74) is 7.13. The second-order valence-corrected chi connectivity index (χ2v) is 6.19. The Labute approximate surface area is 129 Å². The van der Waals surface area contributed by atoms with Crippen LogP contribution in [0.5, 0.6) is 0 Å². The Bertz CT molecular complexity index is 586. The molecule has 2 aromatic rings. The monoisotopic (exact) mass is 281 g/mol. The van der Waals surface area contributed by atoms with Crippen molar-refractivity contribution in [2.24, 2.45) is 5.92 Å². The smallest absolute Gasteiger partial charge is 0.00172 e. The topological polar surface area (TPSA) is 12.0 Å². The maximum absolute atomic E-state index is 3.36. The van der Waals surface area contributed by atoms with E-state index in [0.29, 0.717) is 5.92 Å². The zero-order valence-electron chi connectivity index (χ0n) is 13.7. The molecule has 0 fully saturated rings. The van der Waals surface area contributed by atoms with E-state index in [-0.39, 0.29) is 0 Å². The van der Waals surface area contributed by atoms with Gasteiger partial charge in [-0.15, -0.1) is 0 Å². The molecule has 0 aliphatic heterocycles. The first-order valence-corrected chi connectivity index (χ1v) is 7.85. The molecule has 0 aliphatic carbocycles. The molecule has 1 heteroatoms. The number of aryl methyl sites for hydroxylation is 3. The first-order chi connectivity index (χ1) is 10.1. The molecule has 0 heterocycles. The molecule has 0 radical (unpaired) electrons. The molecule has 0 saturated heterocycles. The third kappa shape index (κ3) is 4.44. The van der Waals surface area contributed by atoms with Crippen molar-refractivity contribution < 1.29 is 0 Å². The number of nitrogens with one attached hydrogen (secondary N) is 1. The van der Waals surface area contributed by atoms with Gasteiger partial charge in [0.2, 0.25) is 0 Å². The van der Waals surface area contributed by atoms with Gasteiger partial charge >= 0.3 is 0 Å². The van der Waals surface area contributed by atoms with Gasteiger partial charge in [-0.3, -0.25) is 0 Å². The van der Waals surface area contributed by atoms with Crippen LogP contribution in [0.15, 0.2) is 42.5 Å². The maximum Gasteiger partial charge on any atom is -0.00172 e. The first-order valence-electron chi connectivity index (χ1n) is 7.85. The molecule has 112 valence electrons. The summed E-state index contributed by atoms with van der Waals surface area (Å²) in [5, 5.41) is 3.36. The van der Waals surface area contributed by atoms with Gasteiger partial charge in [-0.2, -0.15) is 0 Å². The molecule has 21 heavy (non-hydrogen) atoms. The van der Waals surface area contributed by atoms with E-state index in [1.807, 2.05) is 7.05 Å². The number of rotatable bonds is 6. The highest BCUT2D eigenvalue weighted by Crippen LogP contribution is 2.20. The summed E-state index contributed by atoms with van der Waals surface area (Å²) in [6.07, 6.45) is 2.28. The fraction of sp³-hybridized carbons (Fsp3) is 0.400. The van der Waals surface area contributed by atoms with Gasteiger partial charge in [0.25, 0.3) is 0 Å². The summed E-state index contributed by atoms with van der Waals surface area (Å²) in [6, 6.07) is 15.5. The molecule has 1 N–H and O–H groups in total. The van der Waals surface area contributed by atoms with E-state index in [9.17, 15) is 0 Å². The minimum absolute atomic E-state index is 0.636. The molecule has 1 unspecified atom stereocenters. The van der Waals surface area contributed by atoms with Crippen molar-refractivity contribution in [1.82, 2.24) is 5.32 Å².